The molecular weight excluding hydrogens is 146 g/mol. The third-order valence-corrected chi connectivity index (χ3v) is 1.80. The van der Waals surface area contributed by atoms with E-state index in [1.165, 1.54) is 16.5 Å². The predicted molar refractivity (Wildman–Crippen MR) is 56.5 cm³/mol. The first-order valence-electron chi connectivity index (χ1n) is 4.40. The van der Waals surface area contributed by atoms with E-state index in [4.69, 9.17) is 0 Å². The van der Waals surface area contributed by atoms with Crippen LogP contribution in [-0.4, -0.2) is 4.98 Å². The number of para-hydroxylation sites is 1. The normalized spacial score (nSPS) is 9.25. The minimum Gasteiger partial charge on any atom is -0.361 e. The van der Waals surface area contributed by atoms with Crippen molar-refractivity contribution in [3.8, 4) is 0 Å². The lowest BCUT2D eigenvalue weighted by Crippen LogP contribution is -1.72. The summed E-state index contributed by atoms with van der Waals surface area (Å²) in [6.07, 6.45) is 1.97. The topological polar surface area (TPSA) is 15.8 Å². The molecule has 2 aromatic rings. The Balaban J connectivity index is 0.000000451. The third-order valence-electron chi connectivity index (χ3n) is 1.80. The molecule has 0 aliphatic heterocycles. The Morgan fingerprint density at radius 1 is 1.17 bits per heavy atom. The quantitative estimate of drug-likeness (QED) is 0.608. The molecule has 0 spiro atoms. The van der Waals surface area contributed by atoms with Gasteiger partial charge in [-0.3, -0.25) is 0 Å². The van der Waals surface area contributed by atoms with Crippen LogP contribution in [0.5, 0.6) is 0 Å². The number of aromatic amines is 1. The summed E-state index contributed by atoms with van der Waals surface area (Å²) in [5, 5.41) is 1.29. The molecule has 1 heterocycles. The predicted octanol–water partition coefficient (Wildman–Crippen LogP) is 3.75. The molecule has 0 saturated carbocycles. The Labute approximate surface area is 74.9 Å². The van der Waals surface area contributed by atoms with Crippen molar-refractivity contribution < 1.29 is 1.43 Å². The zero-order valence-electron chi connectivity index (χ0n) is 7.89. The van der Waals surface area contributed by atoms with Gasteiger partial charge in [0.2, 0.25) is 0 Å². The number of rotatable bonds is 0. The maximum atomic E-state index is 3.19. The van der Waals surface area contributed by atoms with E-state index in [9.17, 15) is 0 Å². The Bertz CT molecular complexity index is 352. The summed E-state index contributed by atoms with van der Waals surface area (Å²) in [6.45, 7) is 6.11. The average molecular weight is 163 g/mol. The van der Waals surface area contributed by atoms with Gasteiger partial charge >= 0.3 is 0 Å². The van der Waals surface area contributed by atoms with Crippen molar-refractivity contribution in [2.75, 3.05) is 0 Å². The summed E-state index contributed by atoms with van der Waals surface area (Å²) < 4.78 is 0. The monoisotopic (exact) mass is 163 g/mol. The van der Waals surface area contributed by atoms with Crippen LogP contribution in [-0.2, 0) is 0 Å². The maximum Gasteiger partial charge on any atom is 0.0483 e. The van der Waals surface area contributed by atoms with Crippen LogP contribution in [0.15, 0.2) is 30.5 Å². The molecule has 0 atom stereocenters. The highest BCUT2D eigenvalue weighted by Gasteiger charge is 1.93. The highest BCUT2D eigenvalue weighted by Crippen LogP contribution is 2.14. The molecule has 1 nitrogen and oxygen atoms in total. The van der Waals surface area contributed by atoms with Crippen LogP contribution in [0.1, 0.15) is 20.8 Å². The summed E-state index contributed by atoms with van der Waals surface area (Å²) in [5.41, 5.74) is 2.56. The van der Waals surface area contributed by atoms with Gasteiger partial charge in [0.25, 0.3) is 0 Å². The number of H-pyrrole nitrogens is 1. The van der Waals surface area contributed by atoms with Gasteiger partial charge < -0.3 is 4.98 Å². The number of hydrogen-bond donors (Lipinski definition) is 1. The van der Waals surface area contributed by atoms with E-state index in [1.807, 2.05) is 20.0 Å². The maximum absolute atomic E-state index is 3.19. The lowest BCUT2D eigenvalue weighted by Gasteiger charge is -1.92. The fraction of sp³-hybridized carbons (Fsp3) is 0.273. The lowest BCUT2D eigenvalue weighted by atomic mass is 10.2. The zero-order valence-corrected chi connectivity index (χ0v) is 7.89. The number of hydrogen-bond acceptors (Lipinski definition) is 0. The van der Waals surface area contributed by atoms with Crippen LogP contribution < -0.4 is 0 Å². The third kappa shape index (κ3) is 1.50. The fourth-order valence-corrected chi connectivity index (χ4v) is 1.24. The van der Waals surface area contributed by atoms with Crippen LogP contribution in [0.3, 0.4) is 0 Å². The minimum absolute atomic E-state index is 0. The van der Waals surface area contributed by atoms with Crippen molar-refractivity contribution in [3.63, 3.8) is 0 Å². The Kier molecular flexibility index (Phi) is 2.92. The van der Waals surface area contributed by atoms with Crippen LogP contribution in [0, 0.1) is 6.92 Å². The van der Waals surface area contributed by atoms with E-state index in [2.05, 4.69) is 36.2 Å². The van der Waals surface area contributed by atoms with Gasteiger partial charge in [-0.1, -0.05) is 32.0 Å². The van der Waals surface area contributed by atoms with Crippen molar-refractivity contribution in [1.29, 1.82) is 0 Å². The van der Waals surface area contributed by atoms with Gasteiger partial charge in [-0.2, -0.15) is 0 Å². The second kappa shape index (κ2) is 3.96. The largest absolute Gasteiger partial charge is 0.361 e. The molecule has 0 saturated heterocycles. The van der Waals surface area contributed by atoms with Crippen molar-refractivity contribution in [2.45, 2.75) is 20.8 Å². The standard InChI is InChI=1S/C9H9N.C2H6.H2/c1-7-3-2-4-8-5-6-10-9(7)8;1-2;/h2-6,10H,1H3;1-2H3;1H. The molecular formula is C11H17N. The number of aryl methyl sites for hydroxylation is 1. The SMILES string of the molecule is CC.Cc1cccc2cc[nH]c12.[HH]. The molecule has 1 heteroatoms. The second-order valence-electron chi connectivity index (χ2n) is 2.52. The number of benzene rings is 1. The summed E-state index contributed by atoms with van der Waals surface area (Å²) >= 11 is 0. The molecule has 0 fully saturated rings. The van der Waals surface area contributed by atoms with E-state index in [0.29, 0.717) is 0 Å². The van der Waals surface area contributed by atoms with Gasteiger partial charge in [0.05, 0.1) is 0 Å². The van der Waals surface area contributed by atoms with Crippen molar-refractivity contribution >= 4 is 10.9 Å². The molecule has 0 aliphatic carbocycles. The molecule has 1 aromatic heterocycles. The van der Waals surface area contributed by atoms with E-state index >= 15 is 0 Å². The molecule has 12 heavy (non-hydrogen) atoms. The Morgan fingerprint density at radius 2 is 1.92 bits per heavy atom. The molecule has 2 rings (SSSR count). The van der Waals surface area contributed by atoms with E-state index in [-0.39, 0.29) is 1.43 Å². The van der Waals surface area contributed by atoms with E-state index < -0.39 is 0 Å². The zero-order chi connectivity index (χ0) is 8.97. The van der Waals surface area contributed by atoms with Gasteiger partial charge in [-0.25, -0.2) is 0 Å². The van der Waals surface area contributed by atoms with Crippen molar-refractivity contribution in [2.24, 2.45) is 0 Å². The molecule has 0 unspecified atom stereocenters. The molecule has 0 aliphatic rings. The van der Waals surface area contributed by atoms with Crippen LogP contribution >= 0.6 is 0 Å². The highest BCUT2D eigenvalue weighted by molar-refractivity contribution is 5.82. The molecule has 1 N–H and O–H groups in total. The second-order valence-corrected chi connectivity index (χ2v) is 2.52. The van der Waals surface area contributed by atoms with Crippen LogP contribution in [0.4, 0.5) is 0 Å². The van der Waals surface area contributed by atoms with Gasteiger partial charge in [0.1, 0.15) is 0 Å². The first kappa shape index (κ1) is 8.85. The molecule has 0 bridgehead atoms. The molecule has 1 aromatic carbocycles. The Hall–Kier alpha value is -1.24. The fourth-order valence-electron chi connectivity index (χ4n) is 1.24. The molecule has 0 radical (unpaired) electrons. The van der Waals surface area contributed by atoms with Gasteiger partial charge in [0.15, 0.2) is 0 Å². The van der Waals surface area contributed by atoms with Crippen molar-refractivity contribution in [1.82, 2.24) is 4.98 Å². The minimum atomic E-state index is 0. The van der Waals surface area contributed by atoms with Gasteiger partial charge in [0, 0.05) is 13.1 Å². The highest BCUT2D eigenvalue weighted by atomic mass is 14.7. The average Bonchev–Trinajstić information content (AvgIpc) is 2.57. The molecule has 66 valence electrons. The van der Waals surface area contributed by atoms with Crippen LogP contribution in [0.25, 0.3) is 10.9 Å². The molecule has 0 amide bonds. The van der Waals surface area contributed by atoms with Gasteiger partial charge in [-0.15, -0.1) is 0 Å². The summed E-state index contributed by atoms with van der Waals surface area (Å²) in [5.74, 6) is 0. The number of fused-ring (bicyclic) bond motifs is 1. The smallest absolute Gasteiger partial charge is 0.0483 e. The first-order valence-corrected chi connectivity index (χ1v) is 4.40. The number of nitrogens with one attached hydrogen (secondary N) is 1. The van der Waals surface area contributed by atoms with Crippen molar-refractivity contribution in [3.05, 3.63) is 36.0 Å². The summed E-state index contributed by atoms with van der Waals surface area (Å²) in [4.78, 5) is 3.19. The number of aromatic nitrogens is 1. The van der Waals surface area contributed by atoms with E-state index in [0.717, 1.165) is 0 Å². The van der Waals surface area contributed by atoms with E-state index in [1.54, 1.807) is 0 Å². The van der Waals surface area contributed by atoms with Gasteiger partial charge in [-0.05, 0) is 23.9 Å². The summed E-state index contributed by atoms with van der Waals surface area (Å²) in [7, 11) is 0. The first-order chi connectivity index (χ1) is 5.88. The lowest BCUT2D eigenvalue weighted by molar-refractivity contribution is 1.42. The summed E-state index contributed by atoms with van der Waals surface area (Å²) in [6, 6.07) is 8.38. The Morgan fingerprint density at radius 3 is 2.58 bits per heavy atom. The van der Waals surface area contributed by atoms with Crippen LogP contribution in [0.2, 0.25) is 0 Å².